The summed E-state index contributed by atoms with van der Waals surface area (Å²) in [5, 5.41) is 0. The molecule has 0 saturated carbocycles. The predicted octanol–water partition coefficient (Wildman–Crippen LogP) is 1.60. The van der Waals surface area contributed by atoms with Gasteiger partial charge in [-0.2, -0.15) is 0 Å². The quantitative estimate of drug-likeness (QED) is 0.774. The minimum Gasteiger partial charge on any atom is -0.520 e. The summed E-state index contributed by atoms with van der Waals surface area (Å²) in [5.74, 6) is 1.86. The van der Waals surface area contributed by atoms with E-state index >= 15 is 0 Å². The van der Waals surface area contributed by atoms with Crippen LogP contribution in [0.3, 0.4) is 0 Å². The van der Waals surface area contributed by atoms with Crippen molar-refractivity contribution in [3.63, 3.8) is 0 Å². The molecule has 3 saturated heterocycles. The lowest BCUT2D eigenvalue weighted by Gasteiger charge is -2.26. The number of likely N-dealkylation sites (N-methyl/N-ethyl adjacent to an activating group) is 1. The van der Waals surface area contributed by atoms with Gasteiger partial charge in [0.05, 0.1) is 0 Å². The second-order valence-corrected chi connectivity index (χ2v) is 6.54. The molecule has 0 amide bonds. The van der Waals surface area contributed by atoms with E-state index in [1.807, 2.05) is 0 Å². The number of fused-ring (bicyclic) bond motifs is 1. The van der Waals surface area contributed by atoms with Crippen LogP contribution in [0.15, 0.2) is 48.9 Å². The average Bonchev–Trinajstić information content (AvgIpc) is 3.14. The number of hydrogen-bond acceptors (Lipinski definition) is 4. The fourth-order valence-electron chi connectivity index (χ4n) is 3.87. The molecular formula is C17H21BN2O2. The highest BCUT2D eigenvalue weighted by Crippen LogP contribution is 2.34. The number of nitrogens with zero attached hydrogens (tertiary/aromatic N) is 2. The van der Waals surface area contributed by atoms with E-state index in [4.69, 9.17) is 9.31 Å². The third kappa shape index (κ3) is 2.20. The fourth-order valence-corrected chi connectivity index (χ4v) is 3.87. The van der Waals surface area contributed by atoms with Gasteiger partial charge in [0.15, 0.2) is 0 Å². The smallest absolute Gasteiger partial charge is 0.520 e. The largest absolute Gasteiger partial charge is 0.632 e. The van der Waals surface area contributed by atoms with Crippen LogP contribution >= 0.6 is 0 Å². The van der Waals surface area contributed by atoms with Crippen molar-refractivity contribution >= 4 is 18.3 Å². The predicted molar refractivity (Wildman–Crippen MR) is 89.0 cm³/mol. The minimum atomic E-state index is -0.405. The van der Waals surface area contributed by atoms with Crippen molar-refractivity contribution in [2.24, 2.45) is 5.92 Å². The Morgan fingerprint density at radius 2 is 1.77 bits per heavy atom. The molecule has 2 atom stereocenters. The molecule has 5 heteroatoms. The van der Waals surface area contributed by atoms with Crippen LogP contribution in [0.2, 0.25) is 0 Å². The summed E-state index contributed by atoms with van der Waals surface area (Å²) in [5.41, 5.74) is 2.30. The van der Waals surface area contributed by atoms with Crippen LogP contribution in [0.4, 0.5) is 5.69 Å². The van der Waals surface area contributed by atoms with Gasteiger partial charge < -0.3 is 19.1 Å². The van der Waals surface area contributed by atoms with Crippen molar-refractivity contribution in [1.29, 1.82) is 0 Å². The number of rotatable bonds is 2. The Hall–Kier alpha value is -1.88. The monoisotopic (exact) mass is 296 g/mol. The molecular weight excluding hydrogens is 275 g/mol. The lowest BCUT2D eigenvalue weighted by atomic mass is 9.79. The van der Waals surface area contributed by atoms with Gasteiger partial charge in [-0.25, -0.2) is 0 Å². The molecule has 22 heavy (non-hydrogen) atoms. The fraction of sp³-hybridized carbons (Fsp3) is 0.412. The Morgan fingerprint density at radius 1 is 1.09 bits per heavy atom. The summed E-state index contributed by atoms with van der Waals surface area (Å²) >= 11 is 0. The number of anilines is 1. The first-order valence-electron chi connectivity index (χ1n) is 7.88. The molecule has 0 radical (unpaired) electrons. The van der Waals surface area contributed by atoms with Gasteiger partial charge in [-0.1, -0.05) is 25.3 Å². The van der Waals surface area contributed by atoms with Crippen molar-refractivity contribution < 1.29 is 9.31 Å². The Labute approximate surface area is 132 Å². The van der Waals surface area contributed by atoms with E-state index in [0.29, 0.717) is 17.6 Å². The van der Waals surface area contributed by atoms with Crippen LogP contribution in [0, 0.1) is 5.92 Å². The van der Waals surface area contributed by atoms with Crippen molar-refractivity contribution in [3.05, 3.63) is 48.9 Å². The third-order valence-corrected chi connectivity index (χ3v) is 5.04. The van der Waals surface area contributed by atoms with Gasteiger partial charge in [0, 0.05) is 36.8 Å². The maximum absolute atomic E-state index is 5.57. The van der Waals surface area contributed by atoms with Gasteiger partial charge in [0.1, 0.15) is 11.5 Å². The number of likely N-dealkylation sites (tertiary alicyclic amines) is 1. The molecule has 0 bridgehead atoms. The van der Waals surface area contributed by atoms with Crippen molar-refractivity contribution in [2.45, 2.75) is 12.5 Å². The Bertz CT molecular complexity index is 600. The summed E-state index contributed by atoms with van der Waals surface area (Å²) in [6, 6.07) is 9.17. The zero-order chi connectivity index (χ0) is 15.3. The van der Waals surface area contributed by atoms with Gasteiger partial charge in [-0.3, -0.25) is 0 Å². The lowest BCUT2D eigenvalue weighted by molar-refractivity contribution is 0.386. The molecule has 3 heterocycles. The number of benzene rings is 1. The van der Waals surface area contributed by atoms with Gasteiger partial charge in [-0.15, -0.1) is 0 Å². The molecule has 0 unspecified atom stereocenters. The third-order valence-electron chi connectivity index (χ3n) is 5.04. The molecule has 0 aromatic heterocycles. The first kappa shape index (κ1) is 13.8. The van der Waals surface area contributed by atoms with E-state index in [0.717, 1.165) is 17.9 Å². The zero-order valence-electron chi connectivity index (χ0n) is 13.0. The van der Waals surface area contributed by atoms with Crippen LogP contribution in [0.25, 0.3) is 0 Å². The summed E-state index contributed by atoms with van der Waals surface area (Å²) < 4.78 is 11.1. The maximum Gasteiger partial charge on any atom is 0.632 e. The average molecular weight is 296 g/mol. The van der Waals surface area contributed by atoms with E-state index < -0.39 is 7.12 Å². The van der Waals surface area contributed by atoms with Gasteiger partial charge in [0.25, 0.3) is 0 Å². The molecule has 3 fully saturated rings. The van der Waals surface area contributed by atoms with E-state index in [9.17, 15) is 0 Å². The van der Waals surface area contributed by atoms with Crippen molar-refractivity contribution in [3.8, 4) is 0 Å². The van der Waals surface area contributed by atoms with E-state index in [-0.39, 0.29) is 0 Å². The zero-order valence-corrected chi connectivity index (χ0v) is 13.0. The van der Waals surface area contributed by atoms with E-state index in [2.05, 4.69) is 54.3 Å². The van der Waals surface area contributed by atoms with Crippen LogP contribution in [0.1, 0.15) is 6.42 Å². The van der Waals surface area contributed by atoms with Crippen LogP contribution in [-0.2, 0) is 9.31 Å². The summed E-state index contributed by atoms with van der Waals surface area (Å²) in [6.45, 7) is 11.1. The van der Waals surface area contributed by atoms with Crippen molar-refractivity contribution in [1.82, 2.24) is 4.90 Å². The first-order chi connectivity index (χ1) is 10.6. The summed E-state index contributed by atoms with van der Waals surface area (Å²) in [7, 11) is 1.81. The standard InChI is InChI=1S/C17H21BN2O2/c1-12-13(2)22-18(21-12)15-4-6-16(7-5-15)20-9-8-14-10-19(3)11-17(14)20/h4-7,14,17H,1-2,8-11H2,3H3/t14-,17+/m1/s1. The van der Waals surface area contributed by atoms with Gasteiger partial charge in [0.2, 0.25) is 0 Å². The van der Waals surface area contributed by atoms with Gasteiger partial charge >= 0.3 is 7.12 Å². The Kier molecular flexibility index (Phi) is 3.19. The van der Waals surface area contributed by atoms with Crippen LogP contribution < -0.4 is 10.4 Å². The van der Waals surface area contributed by atoms with Gasteiger partial charge in [-0.05, 0) is 31.5 Å². The molecule has 3 aliphatic heterocycles. The lowest BCUT2D eigenvalue weighted by Crippen LogP contribution is -2.35. The summed E-state index contributed by atoms with van der Waals surface area (Å²) in [6.07, 6.45) is 1.30. The minimum absolute atomic E-state index is 0.405. The molecule has 0 aliphatic carbocycles. The normalized spacial score (nSPS) is 28.0. The van der Waals surface area contributed by atoms with Crippen molar-refractivity contribution in [2.75, 3.05) is 31.6 Å². The first-order valence-corrected chi connectivity index (χ1v) is 7.88. The highest BCUT2D eigenvalue weighted by molar-refractivity contribution is 6.62. The summed E-state index contributed by atoms with van der Waals surface area (Å²) in [4.78, 5) is 4.99. The molecule has 4 rings (SSSR count). The van der Waals surface area contributed by atoms with Crippen LogP contribution in [-0.4, -0.2) is 44.7 Å². The second kappa shape index (κ2) is 5.09. The molecule has 0 spiro atoms. The molecule has 4 nitrogen and oxygen atoms in total. The molecule has 0 N–H and O–H groups in total. The Morgan fingerprint density at radius 3 is 2.45 bits per heavy atom. The second-order valence-electron chi connectivity index (χ2n) is 6.54. The maximum atomic E-state index is 5.57. The highest BCUT2D eigenvalue weighted by atomic mass is 16.6. The van der Waals surface area contributed by atoms with E-state index in [1.54, 1.807) is 0 Å². The Balaban J connectivity index is 1.51. The molecule has 1 aromatic carbocycles. The molecule has 1 aromatic rings. The van der Waals surface area contributed by atoms with Crippen LogP contribution in [0.5, 0.6) is 0 Å². The topological polar surface area (TPSA) is 24.9 Å². The number of hydrogen-bond donors (Lipinski definition) is 0. The SMILES string of the molecule is C=C1OB(c2ccc(N3CC[C@@H]4CN(C)C[C@@H]43)cc2)OC1=C. The molecule has 3 aliphatic rings. The highest BCUT2D eigenvalue weighted by Gasteiger charge is 2.40. The van der Waals surface area contributed by atoms with E-state index in [1.165, 1.54) is 25.2 Å². The molecule has 114 valence electrons.